The van der Waals surface area contributed by atoms with Gasteiger partial charge in [-0.2, -0.15) is 9.97 Å². The molecule has 0 bridgehead atoms. The first-order valence-electron chi connectivity index (χ1n) is 8.04. The van der Waals surface area contributed by atoms with Gasteiger partial charge in [-0.05, 0) is 37.5 Å². The number of hydrogen-bond acceptors (Lipinski definition) is 8. The summed E-state index contributed by atoms with van der Waals surface area (Å²) >= 11 is 0. The molecule has 1 aliphatic rings. The summed E-state index contributed by atoms with van der Waals surface area (Å²) < 4.78 is 5.53. The Morgan fingerprint density at radius 2 is 2.28 bits per heavy atom. The maximum Gasteiger partial charge on any atom is 0.353 e. The van der Waals surface area contributed by atoms with Gasteiger partial charge in [0, 0.05) is 18.8 Å². The van der Waals surface area contributed by atoms with Gasteiger partial charge in [-0.15, -0.1) is 0 Å². The Balaban J connectivity index is 1.86. The van der Waals surface area contributed by atoms with Crippen LogP contribution in [-0.4, -0.2) is 34.1 Å². The lowest BCUT2D eigenvalue weighted by Crippen LogP contribution is -2.20. The minimum Gasteiger partial charge on any atom is -0.378 e. The number of aryl methyl sites for hydroxylation is 1. The van der Waals surface area contributed by atoms with Crippen LogP contribution >= 0.6 is 0 Å². The van der Waals surface area contributed by atoms with Crippen molar-refractivity contribution in [3.63, 3.8) is 0 Å². The summed E-state index contributed by atoms with van der Waals surface area (Å²) in [6, 6.07) is 7.45. The molecule has 4 N–H and O–H groups in total. The highest BCUT2D eigenvalue weighted by molar-refractivity contribution is 5.74. The molecule has 25 heavy (non-hydrogen) atoms. The zero-order valence-electron chi connectivity index (χ0n) is 13.9. The van der Waals surface area contributed by atoms with Crippen molar-refractivity contribution in [1.29, 1.82) is 0 Å². The van der Waals surface area contributed by atoms with Crippen LogP contribution in [0.15, 0.2) is 24.3 Å². The number of aromatic nitrogens is 2. The van der Waals surface area contributed by atoms with Crippen LogP contribution < -0.4 is 16.4 Å². The lowest BCUT2D eigenvalue weighted by molar-refractivity contribution is -0.383. The highest BCUT2D eigenvalue weighted by Gasteiger charge is 2.24. The van der Waals surface area contributed by atoms with Crippen molar-refractivity contribution in [2.75, 3.05) is 29.5 Å². The summed E-state index contributed by atoms with van der Waals surface area (Å²) in [6.45, 7) is 3.21. The Bertz CT molecular complexity index is 776. The van der Waals surface area contributed by atoms with Gasteiger partial charge >= 0.3 is 5.69 Å². The zero-order valence-corrected chi connectivity index (χ0v) is 13.9. The van der Waals surface area contributed by atoms with Crippen LogP contribution in [0.3, 0.4) is 0 Å². The maximum absolute atomic E-state index is 11.3. The fourth-order valence-electron chi connectivity index (χ4n) is 2.69. The van der Waals surface area contributed by atoms with E-state index in [1.165, 1.54) is 0 Å². The van der Waals surface area contributed by atoms with Gasteiger partial charge in [0.25, 0.3) is 0 Å². The molecule has 3 rings (SSSR count). The minimum absolute atomic E-state index is 0.0536. The minimum atomic E-state index is -0.586. The summed E-state index contributed by atoms with van der Waals surface area (Å²) in [5.41, 5.74) is 7.15. The van der Waals surface area contributed by atoms with Crippen molar-refractivity contribution in [2.24, 2.45) is 0 Å². The molecule has 1 aromatic heterocycles. The standard InChI is InChI=1S/C16H20N6O3/c1-10-4-2-5-11(8-10)19-15-13(22(23)24)14(17)20-16(21-15)18-9-12-6-3-7-25-12/h2,4-5,8,12H,3,6-7,9H2,1H3,(H4,17,18,19,20,21)/t12-/m0/s1. The van der Waals surface area contributed by atoms with E-state index in [1.807, 2.05) is 25.1 Å². The highest BCUT2D eigenvalue weighted by Crippen LogP contribution is 2.31. The van der Waals surface area contributed by atoms with E-state index in [1.54, 1.807) is 6.07 Å². The third kappa shape index (κ3) is 4.13. The van der Waals surface area contributed by atoms with Gasteiger partial charge in [-0.1, -0.05) is 12.1 Å². The van der Waals surface area contributed by atoms with Crippen LogP contribution in [0.2, 0.25) is 0 Å². The third-order valence-electron chi connectivity index (χ3n) is 3.89. The van der Waals surface area contributed by atoms with E-state index >= 15 is 0 Å². The first kappa shape index (κ1) is 16.9. The molecule has 1 aromatic carbocycles. The topological polar surface area (TPSA) is 128 Å². The number of nitro groups is 1. The Morgan fingerprint density at radius 3 is 2.96 bits per heavy atom. The van der Waals surface area contributed by atoms with E-state index < -0.39 is 4.92 Å². The average molecular weight is 344 g/mol. The van der Waals surface area contributed by atoms with Gasteiger partial charge in [-0.3, -0.25) is 10.1 Å². The molecule has 1 atom stereocenters. The summed E-state index contributed by atoms with van der Waals surface area (Å²) in [4.78, 5) is 19.0. The van der Waals surface area contributed by atoms with Crippen molar-refractivity contribution < 1.29 is 9.66 Å². The van der Waals surface area contributed by atoms with E-state index in [4.69, 9.17) is 10.5 Å². The van der Waals surface area contributed by atoms with E-state index in [-0.39, 0.29) is 29.4 Å². The molecule has 0 unspecified atom stereocenters. The van der Waals surface area contributed by atoms with Crippen molar-refractivity contribution in [3.05, 3.63) is 39.9 Å². The third-order valence-corrected chi connectivity index (χ3v) is 3.89. The normalized spacial score (nSPS) is 16.6. The number of rotatable bonds is 6. The number of nitrogens with two attached hydrogens (primary N) is 1. The number of ether oxygens (including phenoxy) is 1. The highest BCUT2D eigenvalue weighted by atomic mass is 16.6. The Kier molecular flexibility index (Phi) is 4.94. The van der Waals surface area contributed by atoms with Gasteiger partial charge in [0.05, 0.1) is 11.0 Å². The molecular formula is C16H20N6O3. The summed E-state index contributed by atoms with van der Waals surface area (Å²) in [7, 11) is 0. The van der Waals surface area contributed by atoms with Crippen molar-refractivity contribution in [1.82, 2.24) is 9.97 Å². The number of hydrogen-bond donors (Lipinski definition) is 3. The SMILES string of the molecule is Cc1cccc(Nc2nc(NC[C@@H]3CCCO3)nc(N)c2[N+](=O)[O-])c1. The van der Waals surface area contributed by atoms with Crippen LogP contribution in [0.4, 0.5) is 29.0 Å². The van der Waals surface area contributed by atoms with Crippen LogP contribution in [0, 0.1) is 17.0 Å². The summed E-state index contributed by atoms with van der Waals surface area (Å²) in [5, 5.41) is 17.3. The van der Waals surface area contributed by atoms with Crippen molar-refractivity contribution >= 4 is 29.0 Å². The summed E-state index contributed by atoms with van der Waals surface area (Å²) in [6.07, 6.45) is 2.08. The molecule has 2 aromatic rings. The monoisotopic (exact) mass is 344 g/mol. The molecule has 0 radical (unpaired) electrons. The Hall–Kier alpha value is -2.94. The molecule has 0 spiro atoms. The Labute approximate surface area is 144 Å². The van der Waals surface area contributed by atoms with Crippen LogP contribution in [0.5, 0.6) is 0 Å². The second-order valence-corrected chi connectivity index (χ2v) is 5.90. The van der Waals surface area contributed by atoms with Crippen LogP contribution in [-0.2, 0) is 4.74 Å². The van der Waals surface area contributed by atoms with Crippen LogP contribution in [0.1, 0.15) is 18.4 Å². The van der Waals surface area contributed by atoms with E-state index in [0.717, 1.165) is 25.0 Å². The molecular weight excluding hydrogens is 324 g/mol. The predicted molar refractivity (Wildman–Crippen MR) is 95.0 cm³/mol. The van der Waals surface area contributed by atoms with Crippen molar-refractivity contribution in [2.45, 2.75) is 25.9 Å². The van der Waals surface area contributed by atoms with Gasteiger partial charge in [0.1, 0.15) is 0 Å². The molecule has 2 heterocycles. The molecule has 0 aliphatic carbocycles. The fraction of sp³-hybridized carbons (Fsp3) is 0.375. The molecule has 0 saturated carbocycles. The molecule has 1 fully saturated rings. The van der Waals surface area contributed by atoms with E-state index in [9.17, 15) is 10.1 Å². The summed E-state index contributed by atoms with van der Waals surface area (Å²) in [5.74, 6) is 0.0942. The predicted octanol–water partition coefficient (Wildman–Crippen LogP) is 2.61. The molecule has 0 amide bonds. The number of benzene rings is 1. The molecule has 9 heteroatoms. The average Bonchev–Trinajstić information content (AvgIpc) is 3.05. The molecule has 1 aliphatic heterocycles. The van der Waals surface area contributed by atoms with Gasteiger partial charge in [0.15, 0.2) is 0 Å². The van der Waals surface area contributed by atoms with Crippen molar-refractivity contribution in [3.8, 4) is 0 Å². The number of nitrogens with one attached hydrogen (secondary N) is 2. The first-order chi connectivity index (χ1) is 12.0. The van der Waals surface area contributed by atoms with Crippen LogP contribution in [0.25, 0.3) is 0 Å². The Morgan fingerprint density at radius 1 is 1.44 bits per heavy atom. The molecule has 132 valence electrons. The molecule has 9 nitrogen and oxygen atoms in total. The van der Waals surface area contributed by atoms with Gasteiger partial charge < -0.3 is 21.1 Å². The smallest absolute Gasteiger partial charge is 0.353 e. The quantitative estimate of drug-likeness (QED) is 0.539. The van der Waals surface area contributed by atoms with Gasteiger partial charge in [0.2, 0.25) is 17.6 Å². The number of nitrogens with zero attached hydrogens (tertiary/aromatic N) is 3. The lowest BCUT2D eigenvalue weighted by atomic mass is 10.2. The largest absolute Gasteiger partial charge is 0.378 e. The maximum atomic E-state index is 11.3. The first-order valence-corrected chi connectivity index (χ1v) is 8.04. The fourth-order valence-corrected chi connectivity index (χ4v) is 2.69. The molecule has 1 saturated heterocycles. The zero-order chi connectivity index (χ0) is 17.8. The van der Waals surface area contributed by atoms with E-state index in [2.05, 4.69) is 20.6 Å². The van der Waals surface area contributed by atoms with E-state index in [0.29, 0.717) is 12.2 Å². The second kappa shape index (κ2) is 7.31. The number of nitrogen functional groups attached to an aromatic ring is 1. The lowest BCUT2D eigenvalue weighted by Gasteiger charge is -2.13. The number of anilines is 4. The van der Waals surface area contributed by atoms with Gasteiger partial charge in [-0.25, -0.2) is 0 Å². The second-order valence-electron chi connectivity index (χ2n) is 5.90.